The lowest BCUT2D eigenvalue weighted by molar-refractivity contribution is -0.121. The van der Waals surface area contributed by atoms with Crippen molar-refractivity contribution in [2.45, 2.75) is 43.9 Å². The van der Waals surface area contributed by atoms with Crippen LogP contribution in [-0.2, 0) is 22.4 Å². The number of likely N-dealkylation sites (N-methyl/N-ethyl adjacent to an activating group) is 1. The van der Waals surface area contributed by atoms with Crippen LogP contribution in [0.2, 0.25) is 0 Å². The number of benzene rings is 1. The van der Waals surface area contributed by atoms with Crippen molar-refractivity contribution < 1.29 is 9.59 Å². The van der Waals surface area contributed by atoms with E-state index in [1.807, 2.05) is 11.0 Å². The fourth-order valence-corrected chi connectivity index (χ4v) is 5.43. The van der Waals surface area contributed by atoms with Crippen LogP contribution in [0.4, 0.5) is 5.69 Å². The Morgan fingerprint density at radius 3 is 2.79 bits per heavy atom. The molecule has 0 bridgehead atoms. The minimum absolute atomic E-state index is 0.0295. The second-order valence-corrected chi connectivity index (χ2v) is 9.53. The fourth-order valence-electron chi connectivity index (χ4n) is 4.18. The summed E-state index contributed by atoms with van der Waals surface area (Å²) in [6, 6.07) is 6.26. The maximum absolute atomic E-state index is 12.6. The van der Waals surface area contributed by atoms with Gasteiger partial charge in [-0.15, -0.1) is 11.8 Å². The molecule has 1 N–H and O–H groups in total. The van der Waals surface area contributed by atoms with E-state index in [0.29, 0.717) is 23.8 Å². The highest BCUT2D eigenvalue weighted by atomic mass is 35.5. The third-order valence-electron chi connectivity index (χ3n) is 5.85. The molecule has 0 spiro atoms. The highest BCUT2D eigenvalue weighted by Crippen LogP contribution is 2.35. The fraction of sp³-hybridized carbons (Fsp3) is 0.524. The SMILES string of the molecule is CCN1CCc2ccc(N3C[C@H](NC(=O)C4CC=C(Cl)S4)CC3=O)cc2CC1. The van der Waals surface area contributed by atoms with E-state index in [9.17, 15) is 9.59 Å². The molecule has 0 aliphatic carbocycles. The first-order chi connectivity index (χ1) is 13.5. The summed E-state index contributed by atoms with van der Waals surface area (Å²) in [5.41, 5.74) is 3.68. The Balaban J connectivity index is 1.41. The van der Waals surface area contributed by atoms with Crippen molar-refractivity contribution in [1.82, 2.24) is 10.2 Å². The Morgan fingerprint density at radius 1 is 1.29 bits per heavy atom. The second-order valence-electron chi connectivity index (χ2n) is 7.65. The summed E-state index contributed by atoms with van der Waals surface area (Å²) < 4.78 is 0.677. The van der Waals surface area contributed by atoms with E-state index in [1.54, 1.807) is 0 Å². The molecular formula is C21H26ClN3O2S. The number of nitrogens with one attached hydrogen (secondary N) is 1. The number of allylic oxidation sites excluding steroid dienone is 1. The molecule has 4 rings (SSSR count). The molecule has 150 valence electrons. The maximum Gasteiger partial charge on any atom is 0.234 e. The van der Waals surface area contributed by atoms with Gasteiger partial charge in [0.25, 0.3) is 0 Å². The van der Waals surface area contributed by atoms with E-state index in [1.165, 1.54) is 22.9 Å². The third-order valence-corrected chi connectivity index (χ3v) is 7.36. The van der Waals surface area contributed by atoms with Gasteiger partial charge < -0.3 is 15.1 Å². The summed E-state index contributed by atoms with van der Waals surface area (Å²) in [6.45, 7) is 5.97. The zero-order valence-electron chi connectivity index (χ0n) is 16.1. The number of nitrogens with zero attached hydrogens (tertiary/aromatic N) is 2. The zero-order chi connectivity index (χ0) is 19.7. The molecule has 3 aliphatic heterocycles. The van der Waals surface area contributed by atoms with Gasteiger partial charge in [0.1, 0.15) is 0 Å². The van der Waals surface area contributed by atoms with E-state index < -0.39 is 0 Å². The highest BCUT2D eigenvalue weighted by Gasteiger charge is 2.34. The molecule has 1 unspecified atom stereocenters. The van der Waals surface area contributed by atoms with E-state index in [2.05, 4.69) is 35.3 Å². The van der Waals surface area contributed by atoms with Crippen LogP contribution in [0.5, 0.6) is 0 Å². The molecule has 1 saturated heterocycles. The van der Waals surface area contributed by atoms with Gasteiger partial charge in [-0.05, 0) is 49.1 Å². The van der Waals surface area contributed by atoms with Gasteiger partial charge in [-0.3, -0.25) is 9.59 Å². The predicted molar refractivity (Wildman–Crippen MR) is 115 cm³/mol. The first-order valence-corrected chi connectivity index (χ1v) is 11.3. The standard InChI is InChI=1S/C21H26ClN3O2S/c1-2-24-9-7-14-3-4-17(11-15(14)8-10-24)25-13-16(12-20(25)26)23-21(27)18-5-6-19(22)28-18/h3-4,6,11,16,18H,2,5,7-10,12-13H2,1H3,(H,23,27)/t16-,18?/m1/s1. The summed E-state index contributed by atoms with van der Waals surface area (Å²) in [7, 11) is 0. The lowest BCUT2D eigenvalue weighted by Gasteiger charge is -2.20. The third kappa shape index (κ3) is 4.24. The van der Waals surface area contributed by atoms with E-state index in [4.69, 9.17) is 11.6 Å². The van der Waals surface area contributed by atoms with Crippen molar-refractivity contribution in [3.8, 4) is 0 Å². The number of carbonyl (C=O) groups is 2. The largest absolute Gasteiger partial charge is 0.350 e. The molecule has 2 atom stereocenters. The van der Waals surface area contributed by atoms with Crippen molar-refractivity contribution in [2.75, 3.05) is 31.1 Å². The lowest BCUT2D eigenvalue weighted by Crippen LogP contribution is -2.41. The van der Waals surface area contributed by atoms with Gasteiger partial charge in [0.15, 0.2) is 0 Å². The van der Waals surface area contributed by atoms with Gasteiger partial charge in [-0.2, -0.15) is 0 Å². The van der Waals surface area contributed by atoms with Gasteiger partial charge >= 0.3 is 0 Å². The number of fused-ring (bicyclic) bond motifs is 1. The zero-order valence-corrected chi connectivity index (χ0v) is 17.7. The Labute approximate surface area is 175 Å². The first kappa shape index (κ1) is 19.8. The van der Waals surface area contributed by atoms with Gasteiger partial charge in [-0.1, -0.05) is 30.7 Å². The minimum atomic E-state index is -0.175. The van der Waals surface area contributed by atoms with Crippen LogP contribution < -0.4 is 10.2 Å². The molecule has 0 radical (unpaired) electrons. The summed E-state index contributed by atoms with van der Waals surface area (Å²) in [5.74, 6) is 0.0439. The molecule has 1 aromatic carbocycles. The number of anilines is 1. The Kier molecular flexibility index (Phi) is 5.99. The average Bonchev–Trinajstić information content (AvgIpc) is 3.21. The number of hydrogen-bond donors (Lipinski definition) is 1. The number of carbonyl (C=O) groups excluding carboxylic acids is 2. The van der Waals surface area contributed by atoms with Crippen molar-refractivity contribution >= 4 is 40.9 Å². The molecule has 28 heavy (non-hydrogen) atoms. The van der Waals surface area contributed by atoms with Gasteiger partial charge in [-0.25, -0.2) is 0 Å². The summed E-state index contributed by atoms with van der Waals surface area (Å²) in [6.07, 6.45) is 4.96. The van der Waals surface area contributed by atoms with Crippen LogP contribution in [0.15, 0.2) is 28.6 Å². The number of amides is 2. The minimum Gasteiger partial charge on any atom is -0.350 e. The number of halogens is 1. The lowest BCUT2D eigenvalue weighted by atomic mass is 10.0. The van der Waals surface area contributed by atoms with E-state index >= 15 is 0 Å². The topological polar surface area (TPSA) is 52.6 Å². The average molecular weight is 420 g/mol. The first-order valence-electron chi connectivity index (χ1n) is 10.0. The molecule has 0 aromatic heterocycles. The van der Waals surface area contributed by atoms with Crippen molar-refractivity contribution in [1.29, 1.82) is 0 Å². The van der Waals surface area contributed by atoms with Crippen LogP contribution in [0.1, 0.15) is 30.9 Å². The van der Waals surface area contributed by atoms with Crippen LogP contribution in [0.25, 0.3) is 0 Å². The predicted octanol–water partition coefficient (Wildman–Crippen LogP) is 2.91. The molecule has 2 amide bonds. The normalized spacial score (nSPS) is 25.4. The number of rotatable bonds is 4. The van der Waals surface area contributed by atoms with Crippen molar-refractivity contribution in [2.24, 2.45) is 0 Å². The Bertz CT molecular complexity index is 813. The van der Waals surface area contributed by atoms with Crippen LogP contribution in [-0.4, -0.2) is 54.2 Å². The van der Waals surface area contributed by atoms with Gasteiger partial charge in [0.05, 0.1) is 15.7 Å². The second kappa shape index (κ2) is 8.47. The Morgan fingerprint density at radius 2 is 2.07 bits per heavy atom. The smallest absolute Gasteiger partial charge is 0.234 e. The van der Waals surface area contributed by atoms with Crippen molar-refractivity contribution in [3.63, 3.8) is 0 Å². The Hall–Kier alpha value is -1.50. The molecule has 1 aromatic rings. The summed E-state index contributed by atoms with van der Waals surface area (Å²) in [4.78, 5) is 29.3. The number of thioether (sulfide) groups is 1. The maximum atomic E-state index is 12.6. The van der Waals surface area contributed by atoms with Crippen molar-refractivity contribution in [3.05, 3.63) is 39.8 Å². The molecule has 1 fully saturated rings. The molecule has 3 heterocycles. The number of hydrogen-bond acceptors (Lipinski definition) is 4. The summed E-state index contributed by atoms with van der Waals surface area (Å²) in [5, 5.41) is 2.86. The monoisotopic (exact) mass is 419 g/mol. The van der Waals surface area contributed by atoms with Gasteiger partial charge in [0.2, 0.25) is 11.8 Å². The van der Waals surface area contributed by atoms with Crippen LogP contribution >= 0.6 is 23.4 Å². The van der Waals surface area contributed by atoms with Gasteiger partial charge in [0, 0.05) is 31.7 Å². The van der Waals surface area contributed by atoms with E-state index in [0.717, 1.165) is 38.2 Å². The van der Waals surface area contributed by atoms with E-state index in [-0.39, 0.29) is 23.1 Å². The molecule has 0 saturated carbocycles. The quantitative estimate of drug-likeness (QED) is 0.815. The molecule has 3 aliphatic rings. The molecule has 7 heteroatoms. The highest BCUT2D eigenvalue weighted by molar-refractivity contribution is 8.06. The van der Waals surface area contributed by atoms with Crippen LogP contribution in [0.3, 0.4) is 0 Å². The summed E-state index contributed by atoms with van der Waals surface area (Å²) >= 11 is 7.35. The molecule has 5 nitrogen and oxygen atoms in total. The molecular weight excluding hydrogens is 394 g/mol. The van der Waals surface area contributed by atoms with Crippen LogP contribution in [0, 0.1) is 0 Å².